The average molecular weight is 234 g/mol. The molecule has 0 saturated carbocycles. The third-order valence-electron chi connectivity index (χ3n) is 2.43. The summed E-state index contributed by atoms with van der Waals surface area (Å²) in [5.41, 5.74) is 2.85. The van der Waals surface area contributed by atoms with Crippen LogP contribution in [0.5, 0.6) is 0 Å². The minimum Gasteiger partial charge on any atom is -0.220 e. The number of aromatic nitrogens is 3. The van der Waals surface area contributed by atoms with E-state index in [0.29, 0.717) is 16.8 Å². The molecule has 0 fully saturated rings. The Bertz CT molecular complexity index is 480. The van der Waals surface area contributed by atoms with Crippen molar-refractivity contribution in [3.05, 3.63) is 41.3 Å². The molecule has 0 aliphatic rings. The maximum absolute atomic E-state index is 5.95. The zero-order valence-electron chi connectivity index (χ0n) is 9.18. The highest BCUT2D eigenvalue weighted by molar-refractivity contribution is 6.31. The van der Waals surface area contributed by atoms with Gasteiger partial charge in [-0.3, -0.25) is 0 Å². The lowest BCUT2D eigenvalue weighted by Gasteiger charge is -2.06. The Labute approximate surface area is 99.5 Å². The first-order chi connectivity index (χ1) is 7.68. The first-order valence-corrected chi connectivity index (χ1v) is 5.50. The van der Waals surface area contributed by atoms with E-state index in [2.05, 4.69) is 41.2 Å². The predicted octanol–water partition coefficient (Wildman–Crippen LogP) is 3.32. The fraction of sp³-hybridized carbons (Fsp3) is 0.250. The van der Waals surface area contributed by atoms with Crippen LogP contribution >= 0.6 is 11.6 Å². The van der Waals surface area contributed by atoms with Gasteiger partial charge in [0.25, 0.3) is 0 Å². The van der Waals surface area contributed by atoms with Gasteiger partial charge in [0.1, 0.15) is 12.0 Å². The summed E-state index contributed by atoms with van der Waals surface area (Å²) in [5.74, 6) is 0.518. The monoisotopic (exact) mass is 233 g/mol. The molecular formula is C12H12ClN3. The molecule has 1 aromatic carbocycles. The quantitative estimate of drug-likeness (QED) is 0.799. The van der Waals surface area contributed by atoms with Crippen molar-refractivity contribution in [2.24, 2.45) is 0 Å². The largest absolute Gasteiger partial charge is 0.220 e. The summed E-state index contributed by atoms with van der Waals surface area (Å²) in [6, 6.07) is 8.13. The van der Waals surface area contributed by atoms with Gasteiger partial charge in [0, 0.05) is 5.56 Å². The number of halogens is 1. The van der Waals surface area contributed by atoms with Crippen LogP contribution in [-0.2, 0) is 0 Å². The van der Waals surface area contributed by atoms with E-state index in [1.54, 1.807) is 0 Å². The summed E-state index contributed by atoms with van der Waals surface area (Å²) in [7, 11) is 0. The number of hydrogen-bond donors (Lipinski definition) is 0. The van der Waals surface area contributed by atoms with Gasteiger partial charge in [-0.25, -0.2) is 4.98 Å². The van der Waals surface area contributed by atoms with E-state index in [1.807, 2.05) is 12.1 Å². The Balaban J connectivity index is 2.39. The Morgan fingerprint density at radius 1 is 1.12 bits per heavy atom. The molecule has 4 heteroatoms. The van der Waals surface area contributed by atoms with Crippen LogP contribution in [0.3, 0.4) is 0 Å². The second kappa shape index (κ2) is 4.58. The lowest BCUT2D eigenvalue weighted by molar-refractivity contribution is 0.866. The molecule has 0 aliphatic heterocycles. The first kappa shape index (κ1) is 11.0. The summed E-state index contributed by atoms with van der Waals surface area (Å²) < 4.78 is 0. The molecule has 0 atom stereocenters. The van der Waals surface area contributed by atoms with Gasteiger partial charge in [0.2, 0.25) is 0 Å². The summed E-state index contributed by atoms with van der Waals surface area (Å²) in [6.07, 6.45) is 1.34. The molecule has 0 bridgehead atoms. The topological polar surface area (TPSA) is 38.7 Å². The molecule has 16 heavy (non-hydrogen) atoms. The van der Waals surface area contributed by atoms with Crippen LogP contribution in [0.2, 0.25) is 5.15 Å². The average Bonchev–Trinajstić information content (AvgIpc) is 2.30. The normalized spacial score (nSPS) is 10.8. The smallest absolute Gasteiger partial charge is 0.159 e. The molecule has 0 amide bonds. The molecular weight excluding hydrogens is 222 g/mol. The summed E-state index contributed by atoms with van der Waals surface area (Å²) >= 11 is 5.95. The molecule has 1 heterocycles. The fourth-order valence-corrected chi connectivity index (χ4v) is 1.66. The van der Waals surface area contributed by atoms with E-state index >= 15 is 0 Å². The SMILES string of the molecule is CC(C)c1ccc(-c2nncnc2Cl)cc1. The van der Waals surface area contributed by atoms with E-state index in [4.69, 9.17) is 11.6 Å². The highest BCUT2D eigenvalue weighted by Crippen LogP contribution is 2.24. The molecule has 0 saturated heterocycles. The van der Waals surface area contributed by atoms with Gasteiger partial charge < -0.3 is 0 Å². The van der Waals surface area contributed by atoms with Crippen molar-refractivity contribution >= 4 is 11.6 Å². The number of hydrogen-bond acceptors (Lipinski definition) is 3. The van der Waals surface area contributed by atoms with Gasteiger partial charge in [-0.2, -0.15) is 0 Å². The predicted molar refractivity (Wildman–Crippen MR) is 64.4 cm³/mol. The van der Waals surface area contributed by atoms with Gasteiger partial charge in [-0.1, -0.05) is 49.7 Å². The first-order valence-electron chi connectivity index (χ1n) is 5.12. The van der Waals surface area contributed by atoms with Crippen LogP contribution in [0.1, 0.15) is 25.3 Å². The Morgan fingerprint density at radius 3 is 2.38 bits per heavy atom. The van der Waals surface area contributed by atoms with Crippen molar-refractivity contribution in [1.29, 1.82) is 0 Å². The second-order valence-electron chi connectivity index (χ2n) is 3.88. The minimum absolute atomic E-state index is 0.382. The van der Waals surface area contributed by atoms with E-state index in [9.17, 15) is 0 Å². The van der Waals surface area contributed by atoms with Crippen LogP contribution in [-0.4, -0.2) is 15.2 Å². The molecule has 0 aliphatic carbocycles. The zero-order valence-corrected chi connectivity index (χ0v) is 9.94. The van der Waals surface area contributed by atoms with Gasteiger partial charge in [0.05, 0.1) is 0 Å². The third kappa shape index (κ3) is 2.19. The van der Waals surface area contributed by atoms with Crippen LogP contribution in [0.15, 0.2) is 30.6 Å². The van der Waals surface area contributed by atoms with Gasteiger partial charge in [-0.15, -0.1) is 10.2 Å². The third-order valence-corrected chi connectivity index (χ3v) is 2.70. The van der Waals surface area contributed by atoms with E-state index < -0.39 is 0 Å². The van der Waals surface area contributed by atoms with Crippen LogP contribution in [0.25, 0.3) is 11.3 Å². The molecule has 0 radical (unpaired) electrons. The molecule has 0 spiro atoms. The molecule has 2 aromatic rings. The number of benzene rings is 1. The van der Waals surface area contributed by atoms with Gasteiger partial charge >= 0.3 is 0 Å². The second-order valence-corrected chi connectivity index (χ2v) is 4.23. The van der Waals surface area contributed by atoms with Crippen molar-refractivity contribution in [3.63, 3.8) is 0 Å². The molecule has 0 unspecified atom stereocenters. The van der Waals surface area contributed by atoms with Crippen LogP contribution < -0.4 is 0 Å². The lowest BCUT2D eigenvalue weighted by atomic mass is 10.0. The Kier molecular flexibility index (Phi) is 3.15. The van der Waals surface area contributed by atoms with Gasteiger partial charge in [-0.05, 0) is 11.5 Å². The summed E-state index contributed by atoms with van der Waals surface area (Å²) in [4.78, 5) is 3.90. The van der Waals surface area contributed by atoms with E-state index in [0.717, 1.165) is 5.56 Å². The summed E-state index contributed by atoms with van der Waals surface area (Å²) in [6.45, 7) is 4.32. The van der Waals surface area contributed by atoms with Crippen LogP contribution in [0, 0.1) is 0 Å². The van der Waals surface area contributed by atoms with Gasteiger partial charge in [0.15, 0.2) is 5.15 Å². The van der Waals surface area contributed by atoms with Crippen molar-refractivity contribution in [3.8, 4) is 11.3 Å². The molecule has 0 N–H and O–H groups in total. The van der Waals surface area contributed by atoms with Crippen molar-refractivity contribution in [2.45, 2.75) is 19.8 Å². The number of rotatable bonds is 2. The molecule has 2 rings (SSSR count). The Morgan fingerprint density at radius 2 is 1.81 bits per heavy atom. The minimum atomic E-state index is 0.382. The van der Waals surface area contributed by atoms with Crippen LogP contribution in [0.4, 0.5) is 0 Å². The maximum atomic E-state index is 5.95. The lowest BCUT2D eigenvalue weighted by Crippen LogP contribution is -1.92. The number of nitrogens with zero attached hydrogens (tertiary/aromatic N) is 3. The fourth-order valence-electron chi connectivity index (χ4n) is 1.47. The van der Waals surface area contributed by atoms with Crippen molar-refractivity contribution in [2.75, 3.05) is 0 Å². The van der Waals surface area contributed by atoms with E-state index in [-0.39, 0.29) is 0 Å². The highest BCUT2D eigenvalue weighted by Gasteiger charge is 2.06. The zero-order chi connectivity index (χ0) is 11.5. The van der Waals surface area contributed by atoms with Crippen molar-refractivity contribution < 1.29 is 0 Å². The van der Waals surface area contributed by atoms with E-state index in [1.165, 1.54) is 11.9 Å². The highest BCUT2D eigenvalue weighted by atomic mass is 35.5. The summed E-state index contributed by atoms with van der Waals surface area (Å²) in [5, 5.41) is 8.09. The maximum Gasteiger partial charge on any atom is 0.159 e. The molecule has 3 nitrogen and oxygen atoms in total. The molecule has 1 aromatic heterocycles. The van der Waals surface area contributed by atoms with Crippen molar-refractivity contribution in [1.82, 2.24) is 15.2 Å². The standard InChI is InChI=1S/C12H12ClN3/c1-8(2)9-3-5-10(6-4-9)11-12(13)14-7-15-16-11/h3-8H,1-2H3. The Hall–Kier alpha value is -1.48. The molecule has 82 valence electrons.